The molecule has 6 N–H and O–H groups in total. The Hall–Kier alpha value is -0.226. The van der Waals surface area contributed by atoms with Gasteiger partial charge in [-0.25, -0.2) is 0 Å². The molecule has 0 aromatic rings. The van der Waals surface area contributed by atoms with Crippen molar-refractivity contribution in [2.24, 2.45) is 23.7 Å². The second-order valence-electron chi connectivity index (χ2n) is 17.7. The fourth-order valence-electron chi connectivity index (χ4n) is 6.88. The van der Waals surface area contributed by atoms with Crippen molar-refractivity contribution in [2.75, 3.05) is 33.0 Å². The smallest absolute Gasteiger partial charge is 0.192 e. The molecule has 0 amide bonds. The molecule has 0 radical (unpaired) electrons. The molecule has 50 heavy (non-hydrogen) atoms. The minimum Gasteiger partial charge on any atom is -0.414 e. The van der Waals surface area contributed by atoms with Crippen LogP contribution in [0.5, 0.6) is 0 Å². The van der Waals surface area contributed by atoms with Crippen LogP contribution < -0.4 is 0 Å². The number of ether oxygens (including phenoxy) is 2. The van der Waals surface area contributed by atoms with Gasteiger partial charge >= 0.3 is 0 Å². The Kier molecular flexibility index (Phi) is 20.1. The van der Waals surface area contributed by atoms with Gasteiger partial charge in [0.1, 0.15) is 0 Å². The Balaban J connectivity index is 0.000000614. The van der Waals surface area contributed by atoms with Crippen LogP contribution in [0, 0.1) is 23.7 Å². The molecule has 10 nitrogen and oxygen atoms in total. The number of aliphatic hydroxyl groups is 6. The van der Waals surface area contributed by atoms with Crippen molar-refractivity contribution >= 4 is 16.6 Å². The maximum atomic E-state index is 10.2. The average Bonchev–Trinajstić information content (AvgIpc) is 3.53. The maximum Gasteiger partial charge on any atom is 0.192 e. The third-order valence-electron chi connectivity index (χ3n) is 12.1. The lowest BCUT2D eigenvalue weighted by atomic mass is 9.82. The van der Waals surface area contributed by atoms with Crippen molar-refractivity contribution in [1.82, 2.24) is 0 Å². The van der Waals surface area contributed by atoms with Crippen molar-refractivity contribution in [3.8, 4) is 0 Å². The largest absolute Gasteiger partial charge is 0.414 e. The molecular weight excluding hydrogens is 673 g/mol. The summed E-state index contributed by atoms with van der Waals surface area (Å²) in [6.45, 7) is 30.5. The summed E-state index contributed by atoms with van der Waals surface area (Å²) in [6, 6.07) is 0. The van der Waals surface area contributed by atoms with Gasteiger partial charge in [-0.3, -0.25) is 0 Å². The zero-order valence-corrected chi connectivity index (χ0v) is 35.7. The van der Waals surface area contributed by atoms with Crippen molar-refractivity contribution < 1.29 is 49.0 Å². The van der Waals surface area contributed by atoms with Crippen LogP contribution in [0.25, 0.3) is 0 Å². The van der Waals surface area contributed by atoms with E-state index in [4.69, 9.17) is 23.4 Å². The van der Waals surface area contributed by atoms with E-state index in [1.54, 1.807) is 0 Å². The summed E-state index contributed by atoms with van der Waals surface area (Å²) < 4.78 is 25.8. The molecule has 2 aliphatic rings. The fraction of sp³-hybridized carbons (Fsp3) is 0.947. The quantitative estimate of drug-likeness (QED) is 0.0721. The monoisotopic (exact) mass is 751 g/mol. The number of hydrogen-bond donors (Lipinski definition) is 6. The molecule has 0 aromatic carbocycles. The summed E-state index contributed by atoms with van der Waals surface area (Å²) in [4.78, 5) is 0. The lowest BCUT2D eigenvalue weighted by Gasteiger charge is -2.42. The van der Waals surface area contributed by atoms with Crippen molar-refractivity contribution in [3.63, 3.8) is 0 Å². The molecule has 298 valence electrons. The van der Waals surface area contributed by atoms with Gasteiger partial charge in [0.05, 0.1) is 62.5 Å². The molecule has 0 aliphatic carbocycles. The van der Waals surface area contributed by atoms with Crippen LogP contribution in [0.2, 0.25) is 36.3 Å². The van der Waals surface area contributed by atoms with Crippen molar-refractivity contribution in [1.29, 1.82) is 0 Å². The first-order valence-electron chi connectivity index (χ1n) is 19.1. The van der Waals surface area contributed by atoms with Crippen molar-refractivity contribution in [3.05, 3.63) is 12.7 Å². The highest BCUT2D eigenvalue weighted by Gasteiger charge is 2.47. The Morgan fingerprint density at radius 3 is 1.44 bits per heavy atom. The normalized spacial score (nSPS) is 29.7. The molecule has 2 aliphatic heterocycles. The van der Waals surface area contributed by atoms with Gasteiger partial charge in [0.15, 0.2) is 16.6 Å². The zero-order chi connectivity index (χ0) is 38.7. The van der Waals surface area contributed by atoms with E-state index in [0.717, 1.165) is 19.3 Å². The van der Waals surface area contributed by atoms with E-state index < -0.39 is 28.8 Å². The average molecular weight is 751 g/mol. The van der Waals surface area contributed by atoms with Crippen LogP contribution in [0.4, 0.5) is 0 Å². The summed E-state index contributed by atoms with van der Waals surface area (Å²) in [7, 11) is -3.99. The van der Waals surface area contributed by atoms with E-state index in [0.29, 0.717) is 31.8 Å². The van der Waals surface area contributed by atoms with Gasteiger partial charge < -0.3 is 49.0 Å². The molecule has 0 bridgehead atoms. The summed E-state index contributed by atoms with van der Waals surface area (Å²) in [5.41, 5.74) is 0. The predicted octanol–water partition coefficient (Wildman–Crippen LogP) is 5.64. The highest BCUT2D eigenvalue weighted by molar-refractivity contribution is 6.74. The first-order valence-corrected chi connectivity index (χ1v) is 24.9. The standard InChI is InChI=1S/C25H54O6Si2.C13H24O4/c1-12-20-21(16-27)23(30-22(20)13-18(28)15-26)14-19(31-33(10,11)25(5,6)7)17-29-32(8,9)24(2,3)4;1-3-5-12-10(4-2)11(8-15)13(17-12)6-9(16)7-14/h18-23,26-28H,12-17H2,1-11H3;3,9-16H,1,4-8H2,2H3/t18?,19-,20+,21+,22-,23+;9-,10+,11+,12-,13+/m00/s1. The molecule has 1 unspecified atom stereocenters. The third-order valence-corrected chi connectivity index (χ3v) is 21.1. The minimum absolute atomic E-state index is 0.00993. The number of aliphatic hydroxyl groups excluding tert-OH is 6. The number of hydrogen-bond acceptors (Lipinski definition) is 10. The van der Waals surface area contributed by atoms with Gasteiger partial charge in [-0.05, 0) is 54.5 Å². The topological polar surface area (TPSA) is 158 Å². The first kappa shape index (κ1) is 47.8. The molecular formula is C38H78O10Si2. The molecule has 0 aromatic heterocycles. The molecule has 0 saturated carbocycles. The Morgan fingerprint density at radius 1 is 0.660 bits per heavy atom. The van der Waals surface area contributed by atoms with Gasteiger partial charge in [-0.1, -0.05) is 74.3 Å². The summed E-state index contributed by atoms with van der Waals surface area (Å²) in [5.74, 6) is 0.486. The highest BCUT2D eigenvalue weighted by atomic mass is 28.4. The van der Waals surface area contributed by atoms with Gasteiger partial charge in [0, 0.05) is 44.3 Å². The van der Waals surface area contributed by atoms with E-state index in [1.807, 2.05) is 6.08 Å². The maximum absolute atomic E-state index is 10.2. The Labute approximate surface area is 307 Å². The molecule has 0 spiro atoms. The van der Waals surface area contributed by atoms with E-state index >= 15 is 0 Å². The zero-order valence-electron chi connectivity index (χ0n) is 33.7. The summed E-state index contributed by atoms with van der Waals surface area (Å²) >= 11 is 0. The molecule has 2 saturated heterocycles. The van der Waals surface area contributed by atoms with Gasteiger partial charge in [-0.15, -0.1) is 6.58 Å². The number of rotatable bonds is 19. The van der Waals surface area contributed by atoms with E-state index in [-0.39, 0.29) is 84.8 Å². The van der Waals surface area contributed by atoms with Gasteiger partial charge in [-0.2, -0.15) is 0 Å². The van der Waals surface area contributed by atoms with Crippen LogP contribution in [0.3, 0.4) is 0 Å². The first-order chi connectivity index (χ1) is 23.1. The minimum atomic E-state index is -2.04. The molecule has 12 heteroatoms. The van der Waals surface area contributed by atoms with Crippen LogP contribution in [0.15, 0.2) is 12.7 Å². The Bertz CT molecular complexity index is 953. The van der Waals surface area contributed by atoms with E-state index in [9.17, 15) is 25.5 Å². The predicted molar refractivity (Wildman–Crippen MR) is 206 cm³/mol. The molecule has 11 atom stereocenters. The Morgan fingerprint density at radius 2 is 1.06 bits per heavy atom. The molecule has 2 heterocycles. The molecule has 2 rings (SSSR count). The fourth-order valence-corrected chi connectivity index (χ4v) is 9.27. The highest BCUT2D eigenvalue weighted by Crippen LogP contribution is 2.43. The molecule has 2 fully saturated rings. The van der Waals surface area contributed by atoms with Crippen LogP contribution >= 0.6 is 0 Å². The summed E-state index contributed by atoms with van der Waals surface area (Å²) in [6.07, 6.45) is 3.71. The second kappa shape index (κ2) is 21.0. The van der Waals surface area contributed by atoms with Gasteiger partial charge in [0.25, 0.3) is 0 Å². The van der Waals surface area contributed by atoms with Crippen LogP contribution in [-0.2, 0) is 18.3 Å². The van der Waals surface area contributed by atoms with Crippen LogP contribution in [0.1, 0.15) is 93.9 Å². The van der Waals surface area contributed by atoms with Crippen molar-refractivity contribution in [2.45, 2.75) is 173 Å². The summed E-state index contributed by atoms with van der Waals surface area (Å²) in [5, 5.41) is 57.6. The second-order valence-corrected chi connectivity index (χ2v) is 27.3. The lowest BCUT2D eigenvalue weighted by molar-refractivity contribution is -0.0352. The lowest BCUT2D eigenvalue weighted by Crippen LogP contribution is -2.49. The third kappa shape index (κ3) is 13.6. The van der Waals surface area contributed by atoms with E-state index in [2.05, 4.69) is 88.2 Å². The van der Waals surface area contributed by atoms with Gasteiger partial charge in [0.2, 0.25) is 0 Å². The van der Waals surface area contributed by atoms with Crippen LogP contribution in [-0.4, -0.2) is 123 Å². The van der Waals surface area contributed by atoms with E-state index in [1.165, 1.54) is 0 Å². The SMILES string of the molecule is C=CC[C@@H]1O[C@H](C[C@H](O)CO)[C@H](CO)[C@H]1CC.CC[C@@H]1[C@@H](CO)[C@@H](C[C@@H](CO[Si](C)(C)C(C)(C)C)O[Si](C)(C)C(C)(C)C)O[C@H]1CC(O)CO.